The van der Waals surface area contributed by atoms with Gasteiger partial charge in [-0.15, -0.1) is 0 Å². The lowest BCUT2D eigenvalue weighted by Gasteiger charge is -2.17. The van der Waals surface area contributed by atoms with Crippen LogP contribution in [-0.2, 0) is 47.7 Å². The highest BCUT2D eigenvalue weighted by Crippen LogP contribution is 2.23. The lowest BCUT2D eigenvalue weighted by molar-refractivity contribution is -0.176. The predicted molar refractivity (Wildman–Crippen MR) is 175 cm³/mol. The molecule has 0 fully saturated rings. The quantitative estimate of drug-likeness (QED) is 0.0604. The molecule has 258 valence electrons. The molecule has 0 saturated heterocycles. The summed E-state index contributed by atoms with van der Waals surface area (Å²) in [7, 11) is 0. The van der Waals surface area contributed by atoms with Crippen LogP contribution in [-0.4, -0.2) is 49.0 Å². The number of ether oxygens (including phenoxy) is 6. The molecule has 0 aliphatic rings. The smallest absolute Gasteiger partial charge is 0.359 e. The fourth-order valence-corrected chi connectivity index (χ4v) is 4.39. The number of esters is 6. The van der Waals surface area contributed by atoms with Gasteiger partial charge in [-0.05, 0) is 37.1 Å². The fraction of sp³-hybridized carbons (Fsp3) is 0.211. The van der Waals surface area contributed by atoms with Gasteiger partial charge < -0.3 is 28.4 Å². The van der Waals surface area contributed by atoms with Crippen molar-refractivity contribution in [3.8, 4) is 11.5 Å². The molecule has 0 saturated carbocycles. The van der Waals surface area contributed by atoms with Crippen LogP contribution in [0.3, 0.4) is 0 Å². The van der Waals surface area contributed by atoms with Gasteiger partial charge in [0.2, 0.25) is 12.2 Å². The van der Waals surface area contributed by atoms with Crippen LogP contribution in [0, 0.1) is 0 Å². The average molecular weight is 683 g/mol. The molecule has 0 spiro atoms. The highest BCUT2D eigenvalue weighted by atomic mass is 16.6. The third kappa shape index (κ3) is 12.4. The molecule has 0 N–H and O–H groups in total. The zero-order chi connectivity index (χ0) is 35.6. The first-order valence-electron chi connectivity index (χ1n) is 15.6. The van der Waals surface area contributed by atoms with Crippen molar-refractivity contribution in [3.05, 3.63) is 132 Å². The normalized spacial score (nSPS) is 11.6. The molecule has 0 aliphatic carbocycles. The Morgan fingerprint density at radius 3 is 1.08 bits per heavy atom. The fourth-order valence-electron chi connectivity index (χ4n) is 4.39. The number of para-hydroxylation sites is 2. The van der Waals surface area contributed by atoms with Crippen molar-refractivity contribution in [2.24, 2.45) is 0 Å². The van der Waals surface area contributed by atoms with Crippen molar-refractivity contribution in [3.63, 3.8) is 0 Å². The van der Waals surface area contributed by atoms with E-state index >= 15 is 0 Å². The van der Waals surface area contributed by atoms with E-state index in [9.17, 15) is 28.8 Å². The Labute approximate surface area is 287 Å². The van der Waals surface area contributed by atoms with E-state index in [1.54, 1.807) is 97.1 Å². The second kappa shape index (κ2) is 19.5. The van der Waals surface area contributed by atoms with Crippen molar-refractivity contribution in [1.29, 1.82) is 0 Å². The van der Waals surface area contributed by atoms with Gasteiger partial charge in [0, 0.05) is 24.0 Å². The van der Waals surface area contributed by atoms with Gasteiger partial charge >= 0.3 is 35.8 Å². The minimum absolute atomic E-state index is 0.157. The maximum absolute atomic E-state index is 12.9. The molecule has 2 unspecified atom stereocenters. The standard InChI is InChI=1S/C38H34O12/c39-31(47-35(27-15-5-1-6-16-27)37(43)49-33(41)25-45-29-19-9-3-10-20-29)23-13-14-24-32(40)48-36(28-17-7-2-8-18-28)38(44)50-34(42)26-46-30-21-11-4-12-22-30/h1-12,15-22,35-36H,13-14,23-26H2. The first-order chi connectivity index (χ1) is 24.3. The number of hydrogen-bond donors (Lipinski definition) is 0. The van der Waals surface area contributed by atoms with Crippen molar-refractivity contribution in [2.45, 2.75) is 37.9 Å². The molecule has 4 aromatic rings. The highest BCUT2D eigenvalue weighted by Gasteiger charge is 2.30. The van der Waals surface area contributed by atoms with Crippen LogP contribution in [0.5, 0.6) is 11.5 Å². The van der Waals surface area contributed by atoms with Crippen LogP contribution in [0.15, 0.2) is 121 Å². The van der Waals surface area contributed by atoms with E-state index in [-0.39, 0.29) is 36.8 Å². The van der Waals surface area contributed by atoms with E-state index in [4.69, 9.17) is 28.4 Å². The summed E-state index contributed by atoms with van der Waals surface area (Å²) in [6.07, 6.45) is -3.10. The Bertz CT molecular complexity index is 1580. The zero-order valence-electron chi connectivity index (χ0n) is 26.8. The molecule has 12 heteroatoms. The van der Waals surface area contributed by atoms with Gasteiger partial charge in [0.15, 0.2) is 13.2 Å². The van der Waals surface area contributed by atoms with Gasteiger partial charge in [-0.25, -0.2) is 19.2 Å². The summed E-state index contributed by atoms with van der Waals surface area (Å²) in [5.41, 5.74) is 0.574. The van der Waals surface area contributed by atoms with E-state index in [2.05, 4.69) is 0 Å². The summed E-state index contributed by atoms with van der Waals surface area (Å²) >= 11 is 0. The summed E-state index contributed by atoms with van der Waals surface area (Å²) in [6, 6.07) is 33.0. The van der Waals surface area contributed by atoms with Gasteiger partial charge in [0.1, 0.15) is 11.5 Å². The van der Waals surface area contributed by atoms with Crippen LogP contribution in [0.25, 0.3) is 0 Å². The second-order valence-corrected chi connectivity index (χ2v) is 10.6. The first kappa shape index (κ1) is 36.5. The van der Waals surface area contributed by atoms with Crippen LogP contribution in [0.2, 0.25) is 0 Å². The Morgan fingerprint density at radius 2 is 0.740 bits per heavy atom. The van der Waals surface area contributed by atoms with E-state index in [0.29, 0.717) is 11.5 Å². The molecule has 0 amide bonds. The van der Waals surface area contributed by atoms with Gasteiger partial charge in [0.05, 0.1) is 0 Å². The molecule has 12 nitrogen and oxygen atoms in total. The predicted octanol–water partition coefficient (Wildman–Crippen LogP) is 5.41. The Hall–Kier alpha value is -6.30. The van der Waals surface area contributed by atoms with Gasteiger partial charge in [0.25, 0.3) is 0 Å². The highest BCUT2D eigenvalue weighted by molar-refractivity contribution is 5.91. The maximum Gasteiger partial charge on any atom is 0.359 e. The van der Waals surface area contributed by atoms with E-state index in [0.717, 1.165) is 0 Å². The Morgan fingerprint density at radius 1 is 0.420 bits per heavy atom. The number of rotatable bonds is 17. The Kier molecular flexibility index (Phi) is 14.3. The lowest BCUT2D eigenvalue weighted by atomic mass is 10.1. The summed E-state index contributed by atoms with van der Waals surface area (Å²) in [5, 5.41) is 0. The second-order valence-electron chi connectivity index (χ2n) is 10.6. The topological polar surface area (TPSA) is 158 Å². The molecule has 0 radical (unpaired) electrons. The Balaban J connectivity index is 1.25. The molecule has 0 aliphatic heterocycles. The molecular weight excluding hydrogens is 648 g/mol. The number of hydrogen-bond acceptors (Lipinski definition) is 12. The largest absolute Gasteiger partial charge is 0.482 e. The average Bonchev–Trinajstić information content (AvgIpc) is 3.14. The minimum Gasteiger partial charge on any atom is -0.482 e. The first-order valence-corrected chi connectivity index (χ1v) is 15.6. The molecule has 4 aromatic carbocycles. The number of benzene rings is 4. The van der Waals surface area contributed by atoms with Crippen molar-refractivity contribution >= 4 is 35.8 Å². The van der Waals surface area contributed by atoms with E-state index in [1.807, 2.05) is 0 Å². The van der Waals surface area contributed by atoms with Crippen molar-refractivity contribution in [1.82, 2.24) is 0 Å². The van der Waals surface area contributed by atoms with Gasteiger partial charge in [-0.2, -0.15) is 0 Å². The summed E-state index contributed by atoms with van der Waals surface area (Å²) in [6.45, 7) is -1.08. The number of unbranched alkanes of at least 4 members (excludes halogenated alkanes) is 1. The molecule has 0 bridgehead atoms. The summed E-state index contributed by atoms with van der Waals surface area (Å²) in [5.74, 6) is -4.89. The third-order valence-corrected chi connectivity index (χ3v) is 6.77. The summed E-state index contributed by atoms with van der Waals surface area (Å²) < 4.78 is 31.2. The SMILES string of the molecule is O=C(COc1ccccc1)OC(=O)C(OC(=O)CCCCC(=O)OC(C(=O)OC(=O)COc1ccccc1)c1ccccc1)c1ccccc1. The third-order valence-electron chi connectivity index (χ3n) is 6.77. The molecule has 2 atom stereocenters. The molecule has 4 rings (SSSR count). The summed E-state index contributed by atoms with van der Waals surface area (Å²) in [4.78, 5) is 75.7. The monoisotopic (exact) mass is 682 g/mol. The van der Waals surface area contributed by atoms with Crippen molar-refractivity contribution in [2.75, 3.05) is 13.2 Å². The van der Waals surface area contributed by atoms with E-state index in [1.165, 1.54) is 24.3 Å². The maximum atomic E-state index is 12.9. The molecule has 0 heterocycles. The number of carbonyl (C=O) groups is 6. The number of carbonyl (C=O) groups excluding carboxylic acids is 6. The van der Waals surface area contributed by atoms with Crippen LogP contribution in [0.4, 0.5) is 0 Å². The van der Waals surface area contributed by atoms with Gasteiger partial charge in [-0.1, -0.05) is 97.1 Å². The van der Waals surface area contributed by atoms with E-state index < -0.39 is 61.2 Å². The molecule has 0 aromatic heterocycles. The van der Waals surface area contributed by atoms with Gasteiger partial charge in [-0.3, -0.25) is 9.59 Å². The van der Waals surface area contributed by atoms with Crippen LogP contribution in [0.1, 0.15) is 49.0 Å². The molecular formula is C38H34O12. The van der Waals surface area contributed by atoms with Crippen molar-refractivity contribution < 1.29 is 57.2 Å². The lowest BCUT2D eigenvalue weighted by Crippen LogP contribution is -2.27. The zero-order valence-corrected chi connectivity index (χ0v) is 26.8. The van der Waals surface area contributed by atoms with Crippen LogP contribution < -0.4 is 9.47 Å². The molecule has 50 heavy (non-hydrogen) atoms. The van der Waals surface area contributed by atoms with Crippen LogP contribution >= 0.6 is 0 Å². The minimum atomic E-state index is -1.52.